The molecule has 3 aromatic rings. The third-order valence-electron chi connectivity index (χ3n) is 4.65. The average Bonchev–Trinajstić information content (AvgIpc) is 2.80. The Morgan fingerprint density at radius 3 is 2.45 bits per heavy atom. The highest BCUT2D eigenvalue weighted by Crippen LogP contribution is 2.28. The van der Waals surface area contributed by atoms with Crippen molar-refractivity contribution in [3.8, 4) is 5.75 Å². The van der Waals surface area contributed by atoms with Gasteiger partial charge in [-0.1, -0.05) is 65.7 Å². The average molecular weight is 506 g/mol. The summed E-state index contributed by atoms with van der Waals surface area (Å²) in [7, 11) is -4.14. The highest BCUT2D eigenvalue weighted by atomic mass is 35.5. The van der Waals surface area contributed by atoms with Gasteiger partial charge in [-0.3, -0.25) is 4.79 Å². The third kappa shape index (κ3) is 6.79. The minimum absolute atomic E-state index is 0.00170. The third-order valence-corrected chi connectivity index (χ3v) is 7.22. The fourth-order valence-corrected chi connectivity index (χ4v) is 5.10. The van der Waals surface area contributed by atoms with Crippen LogP contribution in [0, 0.1) is 0 Å². The van der Waals surface area contributed by atoms with Crippen LogP contribution in [0.1, 0.15) is 11.1 Å². The van der Waals surface area contributed by atoms with Crippen molar-refractivity contribution in [3.63, 3.8) is 0 Å². The Balaban J connectivity index is 1.79. The fourth-order valence-electron chi connectivity index (χ4n) is 2.96. The molecule has 2 N–H and O–H groups in total. The molecule has 33 heavy (non-hydrogen) atoms. The number of phenols is 1. The quantitative estimate of drug-likeness (QED) is 0.338. The Morgan fingerprint density at radius 1 is 1.03 bits per heavy atom. The highest BCUT2D eigenvalue weighted by molar-refractivity contribution is 7.89. The van der Waals surface area contributed by atoms with E-state index in [4.69, 9.17) is 23.2 Å². The molecule has 1 amide bonds. The number of hydrogen-bond acceptors (Lipinski definition) is 5. The van der Waals surface area contributed by atoms with Gasteiger partial charge >= 0.3 is 0 Å². The number of carbonyl (C=O) groups is 1. The lowest BCUT2D eigenvalue weighted by molar-refractivity contribution is -0.121. The molecule has 0 aliphatic heterocycles. The van der Waals surface area contributed by atoms with Crippen LogP contribution in [-0.4, -0.2) is 43.0 Å². The van der Waals surface area contributed by atoms with Gasteiger partial charge in [-0.2, -0.15) is 9.41 Å². The summed E-state index contributed by atoms with van der Waals surface area (Å²) in [4.78, 5) is 12.3. The largest absolute Gasteiger partial charge is 0.507 e. The van der Waals surface area contributed by atoms with Crippen LogP contribution >= 0.6 is 23.2 Å². The summed E-state index contributed by atoms with van der Waals surface area (Å²) in [5.74, 6) is -0.658. The van der Waals surface area contributed by atoms with Crippen molar-refractivity contribution < 1.29 is 18.3 Å². The number of hydrazone groups is 1. The number of amides is 1. The Hall–Kier alpha value is -2.91. The second kappa shape index (κ2) is 11.3. The molecule has 0 bridgehead atoms. The first-order valence-corrected chi connectivity index (χ1v) is 12.1. The lowest BCUT2D eigenvalue weighted by Gasteiger charge is -2.22. The number of halogens is 2. The molecule has 3 rings (SSSR count). The lowest BCUT2D eigenvalue weighted by Crippen LogP contribution is -2.40. The number of para-hydroxylation sites is 1. The van der Waals surface area contributed by atoms with E-state index in [1.165, 1.54) is 30.5 Å². The van der Waals surface area contributed by atoms with Crippen LogP contribution in [0.15, 0.2) is 82.8 Å². The van der Waals surface area contributed by atoms with E-state index < -0.39 is 22.5 Å². The maximum Gasteiger partial charge on any atom is 0.255 e. The summed E-state index contributed by atoms with van der Waals surface area (Å²) >= 11 is 12.1. The lowest BCUT2D eigenvalue weighted by atomic mass is 10.1. The minimum Gasteiger partial charge on any atom is -0.507 e. The molecule has 0 atom stereocenters. The Bertz CT molecular complexity index is 1250. The maximum absolute atomic E-state index is 13.3. The Kier molecular flexibility index (Phi) is 8.46. The highest BCUT2D eigenvalue weighted by Gasteiger charge is 2.28. The number of nitrogens with one attached hydrogen (secondary N) is 1. The van der Waals surface area contributed by atoms with E-state index in [1.54, 1.807) is 18.2 Å². The monoisotopic (exact) mass is 505 g/mol. The first-order valence-electron chi connectivity index (χ1n) is 9.86. The van der Waals surface area contributed by atoms with E-state index >= 15 is 0 Å². The molecule has 0 aliphatic carbocycles. The molecular formula is C23H21Cl2N3O4S. The molecule has 0 heterocycles. The molecule has 0 saturated heterocycles. The van der Waals surface area contributed by atoms with E-state index in [0.29, 0.717) is 12.0 Å². The fraction of sp³-hybridized carbons (Fsp3) is 0.130. The van der Waals surface area contributed by atoms with Crippen molar-refractivity contribution in [2.24, 2.45) is 5.10 Å². The summed E-state index contributed by atoms with van der Waals surface area (Å²) in [5.41, 5.74) is 3.60. The van der Waals surface area contributed by atoms with E-state index in [2.05, 4.69) is 10.5 Å². The van der Waals surface area contributed by atoms with Crippen molar-refractivity contribution in [1.82, 2.24) is 9.73 Å². The molecule has 172 valence electrons. The Morgan fingerprint density at radius 2 is 1.73 bits per heavy atom. The van der Waals surface area contributed by atoms with Crippen LogP contribution in [0.25, 0.3) is 0 Å². The van der Waals surface area contributed by atoms with E-state index in [-0.39, 0.29) is 27.2 Å². The minimum atomic E-state index is -4.14. The van der Waals surface area contributed by atoms with Crippen molar-refractivity contribution in [2.75, 3.05) is 13.1 Å². The van der Waals surface area contributed by atoms with Gasteiger partial charge in [0.15, 0.2) is 0 Å². The SMILES string of the molecule is O=C(CN(CCc1ccccc1)S(=O)(=O)c1cc(Cl)ccc1Cl)N/N=C\c1ccccc1O. The van der Waals surface area contributed by atoms with Gasteiger partial charge in [0.2, 0.25) is 10.0 Å². The van der Waals surface area contributed by atoms with Gasteiger partial charge in [-0.15, -0.1) is 0 Å². The maximum atomic E-state index is 13.3. The Labute approximate surface area is 202 Å². The summed E-state index contributed by atoms with van der Waals surface area (Å²) in [6.07, 6.45) is 1.65. The van der Waals surface area contributed by atoms with Gasteiger partial charge in [0.05, 0.1) is 17.8 Å². The molecule has 0 fully saturated rings. The van der Waals surface area contributed by atoms with Crippen LogP contribution in [-0.2, 0) is 21.2 Å². The van der Waals surface area contributed by atoms with E-state index in [1.807, 2.05) is 30.3 Å². The molecule has 0 radical (unpaired) electrons. The van der Waals surface area contributed by atoms with Crippen molar-refractivity contribution in [1.29, 1.82) is 0 Å². The second-order valence-electron chi connectivity index (χ2n) is 7.00. The molecule has 0 aliphatic rings. The van der Waals surface area contributed by atoms with Crippen LogP contribution < -0.4 is 5.43 Å². The van der Waals surface area contributed by atoms with Crippen molar-refractivity contribution in [3.05, 3.63) is 94.0 Å². The standard InChI is InChI=1S/C23H21Cl2N3O4S/c24-19-10-11-20(25)22(14-19)33(31,32)28(13-12-17-6-2-1-3-7-17)16-23(30)27-26-15-18-8-4-5-9-21(18)29/h1-11,14-15,29H,12-13,16H2,(H,27,30)/b26-15-. The summed E-state index contributed by atoms with van der Waals surface area (Å²) in [6, 6.07) is 19.9. The number of nitrogens with zero attached hydrogens (tertiary/aromatic N) is 2. The van der Waals surface area contributed by atoms with E-state index in [9.17, 15) is 18.3 Å². The number of sulfonamides is 1. The summed E-state index contributed by atoms with van der Waals surface area (Å²) < 4.78 is 27.7. The zero-order valence-corrected chi connectivity index (χ0v) is 19.7. The van der Waals surface area contributed by atoms with Crippen LogP contribution in [0.3, 0.4) is 0 Å². The number of benzene rings is 3. The van der Waals surface area contributed by atoms with Crippen molar-refractivity contribution in [2.45, 2.75) is 11.3 Å². The molecular weight excluding hydrogens is 485 g/mol. The molecule has 7 nitrogen and oxygen atoms in total. The predicted octanol–water partition coefficient (Wildman–Crippen LogP) is 4.08. The van der Waals surface area contributed by atoms with Crippen LogP contribution in [0.4, 0.5) is 0 Å². The smallest absolute Gasteiger partial charge is 0.255 e. The van der Waals surface area contributed by atoms with Gasteiger partial charge < -0.3 is 5.11 Å². The second-order valence-corrected chi connectivity index (χ2v) is 9.75. The van der Waals surface area contributed by atoms with Crippen LogP contribution in [0.2, 0.25) is 10.0 Å². The molecule has 0 aromatic heterocycles. The zero-order chi connectivity index (χ0) is 23.8. The summed E-state index contributed by atoms with van der Waals surface area (Å²) in [5, 5.41) is 13.8. The predicted molar refractivity (Wildman–Crippen MR) is 129 cm³/mol. The molecule has 3 aromatic carbocycles. The van der Waals surface area contributed by atoms with E-state index in [0.717, 1.165) is 9.87 Å². The van der Waals surface area contributed by atoms with Crippen molar-refractivity contribution >= 4 is 45.3 Å². The molecule has 0 spiro atoms. The molecule has 0 saturated carbocycles. The normalized spacial score (nSPS) is 11.7. The number of hydrogen-bond donors (Lipinski definition) is 2. The molecule has 10 heteroatoms. The number of carbonyl (C=O) groups excluding carboxylic acids is 1. The molecule has 0 unspecified atom stereocenters. The van der Waals surface area contributed by atoms with Gasteiger partial charge in [0.1, 0.15) is 10.6 Å². The number of aromatic hydroxyl groups is 1. The zero-order valence-electron chi connectivity index (χ0n) is 17.4. The van der Waals surface area contributed by atoms with Gasteiger partial charge in [-0.25, -0.2) is 13.8 Å². The van der Waals surface area contributed by atoms with Crippen LogP contribution in [0.5, 0.6) is 5.75 Å². The number of rotatable bonds is 9. The van der Waals surface area contributed by atoms with Gasteiger partial charge in [-0.05, 0) is 42.3 Å². The first kappa shape index (κ1) is 24.7. The topological polar surface area (TPSA) is 99.1 Å². The van der Waals surface area contributed by atoms with Gasteiger partial charge in [0.25, 0.3) is 5.91 Å². The summed E-state index contributed by atoms with van der Waals surface area (Å²) in [6.45, 7) is -0.456. The number of phenolic OH excluding ortho intramolecular Hbond substituents is 1. The van der Waals surface area contributed by atoms with Gasteiger partial charge in [0, 0.05) is 17.1 Å². The first-order chi connectivity index (χ1) is 15.8.